The fraction of sp³-hybridized carbons (Fsp3) is 0.583. The van der Waals surface area contributed by atoms with E-state index >= 15 is 0 Å². The van der Waals surface area contributed by atoms with Crippen molar-refractivity contribution in [1.29, 1.82) is 0 Å². The van der Waals surface area contributed by atoms with Crippen LogP contribution in [0.1, 0.15) is 43.3 Å². The average Bonchev–Trinajstić information content (AvgIpc) is 2.69. The third-order valence-electron chi connectivity index (χ3n) is 3.08. The number of nitrogens with two attached hydrogens (primary N) is 1. The first-order valence-electron chi connectivity index (χ1n) is 6.12. The highest BCUT2D eigenvalue weighted by Crippen LogP contribution is 2.21. The number of nitrogens with zero attached hydrogens (tertiary/aromatic N) is 2. The number of nitrogens with one attached hydrogen (secondary N) is 1. The Kier molecular flexibility index (Phi) is 4.91. The second-order valence-corrected chi connectivity index (χ2v) is 4.45. The monoisotopic (exact) mass is 268 g/mol. The molecule has 2 atom stereocenters. The number of aromatic nitrogens is 1. The van der Waals surface area contributed by atoms with Crippen LogP contribution in [0, 0.1) is 19.8 Å². The first-order valence-corrected chi connectivity index (χ1v) is 6.12. The number of oxime groups is 1. The number of hydrogen-bond acceptors (Lipinski definition) is 5. The highest BCUT2D eigenvalue weighted by atomic mass is 16.5. The van der Waals surface area contributed by atoms with E-state index in [0.717, 1.165) is 11.3 Å². The summed E-state index contributed by atoms with van der Waals surface area (Å²) in [5, 5.41) is 18.2. The highest BCUT2D eigenvalue weighted by molar-refractivity contribution is 6.02. The summed E-state index contributed by atoms with van der Waals surface area (Å²) in [6.45, 7) is 7.24. The molecule has 0 saturated heterocycles. The number of aryl methyl sites for hydroxylation is 2. The first-order chi connectivity index (χ1) is 8.92. The molecule has 0 aliphatic rings. The fourth-order valence-corrected chi connectivity index (χ4v) is 2.09. The van der Waals surface area contributed by atoms with E-state index < -0.39 is 5.92 Å². The van der Waals surface area contributed by atoms with E-state index in [1.165, 1.54) is 0 Å². The van der Waals surface area contributed by atoms with Gasteiger partial charge in [0.1, 0.15) is 5.76 Å². The Bertz CT molecular complexity index is 462. The summed E-state index contributed by atoms with van der Waals surface area (Å²) >= 11 is 0. The molecule has 1 heterocycles. The first kappa shape index (κ1) is 15.0. The molecule has 1 amide bonds. The molecule has 0 aromatic carbocycles. The lowest BCUT2D eigenvalue weighted by Crippen LogP contribution is -2.39. The van der Waals surface area contributed by atoms with Crippen LogP contribution >= 0.6 is 0 Å². The van der Waals surface area contributed by atoms with E-state index in [1.807, 2.05) is 13.8 Å². The molecule has 106 valence electrons. The molecular weight excluding hydrogens is 248 g/mol. The molecule has 1 aromatic heterocycles. The number of amidine groups is 1. The summed E-state index contributed by atoms with van der Waals surface area (Å²) in [5.41, 5.74) is 7.08. The largest absolute Gasteiger partial charge is 0.409 e. The van der Waals surface area contributed by atoms with Gasteiger partial charge in [-0.2, -0.15) is 0 Å². The Balaban J connectivity index is 2.82. The molecule has 0 bridgehead atoms. The lowest BCUT2D eigenvalue weighted by atomic mass is 10.0. The molecule has 2 unspecified atom stereocenters. The summed E-state index contributed by atoms with van der Waals surface area (Å²) in [7, 11) is 0. The maximum absolute atomic E-state index is 12.1. The van der Waals surface area contributed by atoms with Gasteiger partial charge in [-0.25, -0.2) is 0 Å². The second kappa shape index (κ2) is 6.21. The van der Waals surface area contributed by atoms with Crippen molar-refractivity contribution in [3.05, 3.63) is 17.0 Å². The second-order valence-electron chi connectivity index (χ2n) is 4.45. The van der Waals surface area contributed by atoms with Crippen molar-refractivity contribution in [2.75, 3.05) is 0 Å². The zero-order chi connectivity index (χ0) is 14.6. The molecule has 1 rings (SSSR count). The molecule has 0 spiro atoms. The van der Waals surface area contributed by atoms with Gasteiger partial charge in [-0.1, -0.05) is 17.2 Å². The standard InChI is InChI=1S/C12H20N4O3/c1-5-9(11(13)15-18)12(17)14-6(2)10-7(3)16-19-8(10)4/h6,9,18H,5H2,1-4H3,(H2,13,15)(H,14,17). The Labute approximate surface area is 111 Å². The average molecular weight is 268 g/mol. The molecule has 0 aliphatic heterocycles. The zero-order valence-electron chi connectivity index (χ0n) is 11.6. The molecule has 7 nitrogen and oxygen atoms in total. The predicted molar refractivity (Wildman–Crippen MR) is 69.7 cm³/mol. The maximum Gasteiger partial charge on any atom is 0.231 e. The van der Waals surface area contributed by atoms with E-state index in [9.17, 15) is 4.79 Å². The smallest absolute Gasteiger partial charge is 0.231 e. The lowest BCUT2D eigenvalue weighted by Gasteiger charge is -2.18. The SMILES string of the molecule is CCC(C(=O)NC(C)c1c(C)noc1C)C(N)=NO. The van der Waals surface area contributed by atoms with Crippen LogP contribution in [0.5, 0.6) is 0 Å². The van der Waals surface area contributed by atoms with Gasteiger partial charge in [0.15, 0.2) is 5.84 Å². The quantitative estimate of drug-likeness (QED) is 0.322. The number of hydrogen-bond donors (Lipinski definition) is 3. The third-order valence-corrected chi connectivity index (χ3v) is 3.08. The van der Waals surface area contributed by atoms with Crippen LogP contribution in [-0.4, -0.2) is 22.1 Å². The number of carbonyl (C=O) groups is 1. The van der Waals surface area contributed by atoms with E-state index in [4.69, 9.17) is 15.5 Å². The van der Waals surface area contributed by atoms with Gasteiger partial charge in [0.05, 0.1) is 17.7 Å². The van der Waals surface area contributed by atoms with Crippen molar-refractivity contribution in [3.8, 4) is 0 Å². The molecule has 19 heavy (non-hydrogen) atoms. The fourth-order valence-electron chi connectivity index (χ4n) is 2.09. The van der Waals surface area contributed by atoms with Crippen molar-refractivity contribution >= 4 is 11.7 Å². The third kappa shape index (κ3) is 3.24. The minimum atomic E-state index is -0.645. The van der Waals surface area contributed by atoms with Gasteiger partial charge in [0.25, 0.3) is 0 Å². The minimum absolute atomic E-state index is 0.0917. The topological polar surface area (TPSA) is 114 Å². The van der Waals surface area contributed by atoms with Crippen LogP contribution in [0.25, 0.3) is 0 Å². The van der Waals surface area contributed by atoms with Crippen molar-refractivity contribution in [2.24, 2.45) is 16.8 Å². The summed E-state index contributed by atoms with van der Waals surface area (Å²) in [5.74, 6) is -0.355. The number of rotatable bonds is 5. The summed E-state index contributed by atoms with van der Waals surface area (Å²) in [6, 6.07) is -0.251. The molecule has 0 saturated carbocycles. The van der Waals surface area contributed by atoms with E-state index in [-0.39, 0.29) is 17.8 Å². The minimum Gasteiger partial charge on any atom is -0.409 e. The Hall–Kier alpha value is -2.05. The lowest BCUT2D eigenvalue weighted by molar-refractivity contribution is -0.123. The van der Waals surface area contributed by atoms with Crippen molar-refractivity contribution in [2.45, 2.75) is 40.2 Å². The van der Waals surface area contributed by atoms with Gasteiger partial charge >= 0.3 is 0 Å². The summed E-state index contributed by atoms with van der Waals surface area (Å²) in [4.78, 5) is 12.1. The Morgan fingerprint density at radius 3 is 2.63 bits per heavy atom. The van der Waals surface area contributed by atoms with Crippen LogP contribution in [0.4, 0.5) is 0 Å². The van der Waals surface area contributed by atoms with Crippen LogP contribution in [-0.2, 0) is 4.79 Å². The van der Waals surface area contributed by atoms with E-state index in [2.05, 4.69) is 15.6 Å². The maximum atomic E-state index is 12.1. The van der Waals surface area contributed by atoms with Gasteiger partial charge < -0.3 is 20.8 Å². The van der Waals surface area contributed by atoms with E-state index in [1.54, 1.807) is 13.8 Å². The van der Waals surface area contributed by atoms with Crippen LogP contribution in [0.15, 0.2) is 9.68 Å². The van der Waals surface area contributed by atoms with Crippen molar-refractivity contribution in [1.82, 2.24) is 10.5 Å². The van der Waals surface area contributed by atoms with Gasteiger partial charge in [0.2, 0.25) is 5.91 Å². The molecule has 7 heteroatoms. The van der Waals surface area contributed by atoms with E-state index in [0.29, 0.717) is 12.2 Å². The van der Waals surface area contributed by atoms with Gasteiger partial charge in [-0.15, -0.1) is 0 Å². The van der Waals surface area contributed by atoms with Crippen LogP contribution < -0.4 is 11.1 Å². The molecule has 0 aliphatic carbocycles. The van der Waals surface area contributed by atoms with Crippen LogP contribution in [0.2, 0.25) is 0 Å². The molecular formula is C12H20N4O3. The molecule has 0 fully saturated rings. The molecule has 1 aromatic rings. The Morgan fingerprint density at radius 2 is 2.21 bits per heavy atom. The predicted octanol–water partition coefficient (Wildman–Crippen LogP) is 1.24. The summed E-state index contributed by atoms with van der Waals surface area (Å²) < 4.78 is 5.06. The molecule has 4 N–H and O–H groups in total. The number of carbonyl (C=O) groups excluding carboxylic acids is 1. The van der Waals surface area contributed by atoms with Gasteiger partial charge in [-0.3, -0.25) is 4.79 Å². The van der Waals surface area contributed by atoms with Gasteiger partial charge in [-0.05, 0) is 27.2 Å². The zero-order valence-corrected chi connectivity index (χ0v) is 11.6. The normalized spacial score (nSPS) is 15.1. The van der Waals surface area contributed by atoms with Gasteiger partial charge in [0, 0.05) is 5.56 Å². The highest BCUT2D eigenvalue weighted by Gasteiger charge is 2.25. The molecule has 0 radical (unpaired) electrons. The van der Waals surface area contributed by atoms with Crippen molar-refractivity contribution in [3.63, 3.8) is 0 Å². The summed E-state index contributed by atoms with van der Waals surface area (Å²) in [6.07, 6.45) is 0.454. The van der Waals surface area contributed by atoms with Crippen molar-refractivity contribution < 1.29 is 14.5 Å². The van der Waals surface area contributed by atoms with Crippen LogP contribution in [0.3, 0.4) is 0 Å². The number of amides is 1. The Morgan fingerprint density at radius 1 is 1.58 bits per heavy atom.